The number of hydrogen-bond acceptors (Lipinski definition) is 4. The van der Waals surface area contributed by atoms with E-state index in [1.165, 1.54) is 12.1 Å². The summed E-state index contributed by atoms with van der Waals surface area (Å²) >= 11 is 0. The number of nitro groups is 1. The molecule has 0 aliphatic carbocycles. The number of rotatable bonds is 4. The quantitative estimate of drug-likeness (QED) is 0.606. The van der Waals surface area contributed by atoms with E-state index in [1.807, 2.05) is 24.3 Å². The fraction of sp³-hybridized carbons (Fsp3) is 0.250. The van der Waals surface area contributed by atoms with Gasteiger partial charge < -0.3 is 9.64 Å². The standard InChI is InChI=1S/C16H16N2O3/c1-2-3-10-17-13-6-4-5-7-15(13)21-16-11-12(18(19)20)8-9-14(16)17/h4-9,11H,2-3,10H2,1H3. The summed E-state index contributed by atoms with van der Waals surface area (Å²) in [6.07, 6.45) is 2.13. The molecule has 0 radical (unpaired) electrons. The number of fused-ring (bicyclic) bond motifs is 2. The molecule has 0 spiro atoms. The fourth-order valence-corrected chi connectivity index (χ4v) is 2.49. The van der Waals surface area contributed by atoms with Gasteiger partial charge in [-0.05, 0) is 24.6 Å². The molecule has 0 saturated heterocycles. The molecule has 0 unspecified atom stereocenters. The van der Waals surface area contributed by atoms with Gasteiger partial charge in [0.15, 0.2) is 11.5 Å². The maximum Gasteiger partial charge on any atom is 0.273 e. The van der Waals surface area contributed by atoms with Crippen LogP contribution in [0.5, 0.6) is 11.5 Å². The van der Waals surface area contributed by atoms with Crippen molar-refractivity contribution in [2.45, 2.75) is 19.8 Å². The monoisotopic (exact) mass is 284 g/mol. The minimum Gasteiger partial charge on any atom is -0.453 e. The molecule has 0 aromatic heterocycles. The van der Waals surface area contributed by atoms with Crippen molar-refractivity contribution in [2.75, 3.05) is 11.4 Å². The van der Waals surface area contributed by atoms with Gasteiger partial charge in [0.25, 0.3) is 5.69 Å². The highest BCUT2D eigenvalue weighted by molar-refractivity contribution is 5.78. The highest BCUT2D eigenvalue weighted by atomic mass is 16.6. The average Bonchev–Trinajstić information content (AvgIpc) is 2.50. The van der Waals surface area contributed by atoms with Crippen LogP contribution in [0.4, 0.5) is 17.1 Å². The van der Waals surface area contributed by atoms with Crippen LogP contribution in [0.1, 0.15) is 19.8 Å². The first kappa shape index (κ1) is 13.4. The lowest BCUT2D eigenvalue weighted by molar-refractivity contribution is -0.384. The molecule has 0 saturated carbocycles. The fourth-order valence-electron chi connectivity index (χ4n) is 2.49. The Hall–Kier alpha value is -2.56. The first-order valence-corrected chi connectivity index (χ1v) is 7.03. The molecule has 21 heavy (non-hydrogen) atoms. The summed E-state index contributed by atoms with van der Waals surface area (Å²) in [4.78, 5) is 12.7. The Morgan fingerprint density at radius 1 is 1.14 bits per heavy atom. The molecular formula is C16H16N2O3. The van der Waals surface area contributed by atoms with E-state index in [-0.39, 0.29) is 5.69 Å². The van der Waals surface area contributed by atoms with Crippen LogP contribution in [-0.2, 0) is 0 Å². The van der Waals surface area contributed by atoms with Crippen LogP contribution in [0.25, 0.3) is 0 Å². The van der Waals surface area contributed by atoms with Crippen LogP contribution < -0.4 is 9.64 Å². The summed E-state index contributed by atoms with van der Waals surface area (Å²) < 4.78 is 5.83. The van der Waals surface area contributed by atoms with E-state index in [4.69, 9.17) is 4.74 Å². The Morgan fingerprint density at radius 2 is 1.90 bits per heavy atom. The number of para-hydroxylation sites is 2. The lowest BCUT2D eigenvalue weighted by Gasteiger charge is -2.32. The Kier molecular flexibility index (Phi) is 3.48. The molecule has 3 rings (SSSR count). The minimum atomic E-state index is -0.402. The summed E-state index contributed by atoms with van der Waals surface area (Å²) in [5.41, 5.74) is 1.93. The van der Waals surface area contributed by atoms with Crippen LogP contribution in [0, 0.1) is 10.1 Å². The van der Waals surface area contributed by atoms with Crippen molar-refractivity contribution in [1.29, 1.82) is 0 Å². The van der Waals surface area contributed by atoms with Gasteiger partial charge in [-0.2, -0.15) is 0 Å². The molecule has 1 aliphatic heterocycles. The third kappa shape index (κ3) is 2.42. The van der Waals surface area contributed by atoms with Gasteiger partial charge in [-0.25, -0.2) is 0 Å². The lowest BCUT2D eigenvalue weighted by Crippen LogP contribution is -2.22. The Morgan fingerprint density at radius 3 is 2.67 bits per heavy atom. The number of nitro benzene ring substituents is 1. The number of non-ortho nitro benzene ring substituents is 1. The van der Waals surface area contributed by atoms with Gasteiger partial charge in [0.1, 0.15) is 0 Å². The highest BCUT2D eigenvalue weighted by Gasteiger charge is 2.25. The van der Waals surface area contributed by atoms with E-state index in [1.54, 1.807) is 6.07 Å². The predicted molar refractivity (Wildman–Crippen MR) is 81.5 cm³/mol. The molecule has 1 heterocycles. The second kappa shape index (κ2) is 5.44. The molecule has 0 N–H and O–H groups in total. The highest BCUT2D eigenvalue weighted by Crippen LogP contribution is 2.47. The summed E-state index contributed by atoms with van der Waals surface area (Å²) in [5.74, 6) is 1.28. The second-order valence-electron chi connectivity index (χ2n) is 4.98. The van der Waals surface area contributed by atoms with Crippen LogP contribution >= 0.6 is 0 Å². The average molecular weight is 284 g/mol. The zero-order valence-electron chi connectivity index (χ0n) is 11.8. The van der Waals surface area contributed by atoms with Crippen molar-refractivity contribution in [2.24, 2.45) is 0 Å². The van der Waals surface area contributed by atoms with E-state index in [9.17, 15) is 10.1 Å². The molecule has 2 aromatic rings. The number of anilines is 2. The number of hydrogen-bond donors (Lipinski definition) is 0. The topological polar surface area (TPSA) is 55.6 Å². The smallest absolute Gasteiger partial charge is 0.273 e. The molecule has 108 valence electrons. The Labute approximate surface area is 122 Å². The molecule has 0 atom stereocenters. The van der Waals surface area contributed by atoms with E-state index >= 15 is 0 Å². The van der Waals surface area contributed by atoms with Crippen molar-refractivity contribution in [3.05, 3.63) is 52.6 Å². The second-order valence-corrected chi connectivity index (χ2v) is 4.98. The SMILES string of the molecule is CCCCN1c2ccccc2Oc2cc([N+](=O)[O-])ccc21. The lowest BCUT2D eigenvalue weighted by atomic mass is 10.1. The Bertz CT molecular complexity index is 685. The first-order chi connectivity index (χ1) is 10.2. The predicted octanol–water partition coefficient (Wildman–Crippen LogP) is 4.64. The van der Waals surface area contributed by atoms with Gasteiger partial charge in [0.2, 0.25) is 0 Å². The number of unbranched alkanes of at least 4 members (excludes halogenated alkanes) is 1. The Balaban J connectivity index is 2.07. The van der Waals surface area contributed by atoms with E-state index < -0.39 is 4.92 Å². The first-order valence-electron chi connectivity index (χ1n) is 7.03. The third-order valence-electron chi connectivity index (χ3n) is 3.56. The zero-order valence-corrected chi connectivity index (χ0v) is 11.8. The van der Waals surface area contributed by atoms with Gasteiger partial charge >= 0.3 is 0 Å². The van der Waals surface area contributed by atoms with E-state index in [2.05, 4.69) is 11.8 Å². The summed E-state index contributed by atoms with van der Waals surface area (Å²) in [7, 11) is 0. The third-order valence-corrected chi connectivity index (χ3v) is 3.56. The van der Waals surface area contributed by atoms with Crippen LogP contribution in [0.3, 0.4) is 0 Å². The van der Waals surface area contributed by atoms with Crippen molar-refractivity contribution in [3.63, 3.8) is 0 Å². The maximum absolute atomic E-state index is 10.9. The van der Waals surface area contributed by atoms with Crippen molar-refractivity contribution in [3.8, 4) is 11.5 Å². The number of nitrogens with zero attached hydrogens (tertiary/aromatic N) is 2. The van der Waals surface area contributed by atoms with Crippen LogP contribution in [-0.4, -0.2) is 11.5 Å². The molecule has 5 heteroatoms. The van der Waals surface area contributed by atoms with Crippen molar-refractivity contribution in [1.82, 2.24) is 0 Å². The normalized spacial score (nSPS) is 12.3. The molecule has 0 bridgehead atoms. The molecule has 2 aromatic carbocycles. The maximum atomic E-state index is 10.9. The van der Waals surface area contributed by atoms with Gasteiger partial charge in [0.05, 0.1) is 22.4 Å². The number of benzene rings is 2. The summed E-state index contributed by atoms with van der Waals surface area (Å²) in [6.45, 7) is 3.00. The molecule has 1 aliphatic rings. The van der Waals surface area contributed by atoms with Crippen molar-refractivity contribution >= 4 is 17.1 Å². The van der Waals surface area contributed by atoms with Crippen LogP contribution in [0.15, 0.2) is 42.5 Å². The molecular weight excluding hydrogens is 268 g/mol. The zero-order chi connectivity index (χ0) is 14.8. The largest absolute Gasteiger partial charge is 0.453 e. The molecule has 5 nitrogen and oxygen atoms in total. The molecule has 0 amide bonds. The van der Waals surface area contributed by atoms with Gasteiger partial charge in [-0.15, -0.1) is 0 Å². The van der Waals surface area contributed by atoms with E-state index in [0.717, 1.165) is 36.5 Å². The van der Waals surface area contributed by atoms with Gasteiger partial charge in [0, 0.05) is 12.6 Å². The van der Waals surface area contributed by atoms with Crippen LogP contribution in [0.2, 0.25) is 0 Å². The summed E-state index contributed by atoms with van der Waals surface area (Å²) in [5, 5.41) is 10.9. The van der Waals surface area contributed by atoms with Gasteiger partial charge in [-0.3, -0.25) is 10.1 Å². The van der Waals surface area contributed by atoms with Crippen molar-refractivity contribution < 1.29 is 9.66 Å². The van der Waals surface area contributed by atoms with Gasteiger partial charge in [-0.1, -0.05) is 25.5 Å². The van der Waals surface area contributed by atoms with E-state index in [0.29, 0.717) is 5.75 Å². The minimum absolute atomic E-state index is 0.0450. The summed E-state index contributed by atoms with van der Waals surface area (Å²) in [6, 6.07) is 12.5. The number of ether oxygens (including phenoxy) is 1. The molecule has 0 fully saturated rings.